The number of ether oxygens (including phenoxy) is 2. The van der Waals surface area contributed by atoms with Crippen LogP contribution in [-0.4, -0.2) is 16.8 Å². The van der Waals surface area contributed by atoms with Crippen molar-refractivity contribution in [3.63, 3.8) is 0 Å². The maximum absolute atomic E-state index is 9.93. The van der Waals surface area contributed by atoms with E-state index in [1.165, 1.54) is 5.56 Å². The monoisotopic (exact) mass is 220 g/mol. The molecule has 2 unspecified atom stereocenters. The fourth-order valence-corrected chi connectivity index (χ4v) is 2.50. The van der Waals surface area contributed by atoms with Gasteiger partial charge in [0.2, 0.25) is 0 Å². The largest absolute Gasteiger partial charge is 0.483 e. The van der Waals surface area contributed by atoms with Gasteiger partial charge in [-0.15, -0.1) is 0 Å². The first-order chi connectivity index (χ1) is 7.48. The van der Waals surface area contributed by atoms with Crippen LogP contribution in [0.5, 0.6) is 11.5 Å². The lowest BCUT2D eigenvalue weighted by Crippen LogP contribution is -2.24. The average molecular weight is 220 g/mol. The number of fused-ring (bicyclic) bond motifs is 3. The van der Waals surface area contributed by atoms with Crippen LogP contribution < -0.4 is 9.47 Å². The minimum absolute atomic E-state index is 0.169. The van der Waals surface area contributed by atoms with Crippen molar-refractivity contribution >= 4 is 0 Å². The second-order valence-electron chi connectivity index (χ2n) is 5.28. The predicted molar refractivity (Wildman–Crippen MR) is 59.9 cm³/mol. The Balaban J connectivity index is 2.12. The molecule has 0 spiro atoms. The average Bonchev–Trinajstić information content (AvgIpc) is 2.65. The summed E-state index contributed by atoms with van der Waals surface area (Å²) in [5, 5.41) is 9.93. The van der Waals surface area contributed by atoms with Crippen molar-refractivity contribution in [1.29, 1.82) is 0 Å². The molecule has 1 aromatic carbocycles. The quantitative estimate of drug-likeness (QED) is 0.728. The van der Waals surface area contributed by atoms with E-state index in [-0.39, 0.29) is 11.7 Å². The molecule has 0 aromatic heterocycles. The highest BCUT2D eigenvalue weighted by Crippen LogP contribution is 2.49. The van der Waals surface area contributed by atoms with Gasteiger partial charge in [-0.05, 0) is 20.8 Å². The van der Waals surface area contributed by atoms with E-state index in [1.54, 1.807) is 0 Å². The van der Waals surface area contributed by atoms with Crippen LogP contribution in [0.3, 0.4) is 0 Å². The third kappa shape index (κ3) is 1.24. The van der Waals surface area contributed by atoms with E-state index < -0.39 is 6.10 Å². The molecule has 86 valence electrons. The van der Waals surface area contributed by atoms with Crippen LogP contribution in [0.25, 0.3) is 0 Å². The van der Waals surface area contributed by atoms with Crippen LogP contribution in [0.2, 0.25) is 0 Å². The van der Waals surface area contributed by atoms with Crippen LogP contribution in [0.15, 0.2) is 12.1 Å². The molecule has 3 rings (SSSR count). The molecule has 2 heterocycles. The van der Waals surface area contributed by atoms with E-state index >= 15 is 0 Å². The smallest absolute Gasteiger partial charge is 0.167 e. The molecular weight excluding hydrogens is 204 g/mol. The van der Waals surface area contributed by atoms with E-state index in [9.17, 15) is 5.11 Å². The zero-order valence-corrected chi connectivity index (χ0v) is 9.78. The van der Waals surface area contributed by atoms with E-state index in [1.807, 2.05) is 19.1 Å². The van der Waals surface area contributed by atoms with Gasteiger partial charge in [0.1, 0.15) is 17.8 Å². The number of rotatable bonds is 0. The first-order valence-corrected chi connectivity index (χ1v) is 5.67. The summed E-state index contributed by atoms with van der Waals surface area (Å²) in [4.78, 5) is 0. The summed E-state index contributed by atoms with van der Waals surface area (Å²) in [6.45, 7) is 6.00. The molecule has 0 saturated heterocycles. The number of hydrogen-bond acceptors (Lipinski definition) is 3. The highest BCUT2D eigenvalue weighted by Gasteiger charge is 2.39. The topological polar surface area (TPSA) is 38.7 Å². The summed E-state index contributed by atoms with van der Waals surface area (Å²) in [6, 6.07) is 3.99. The molecule has 16 heavy (non-hydrogen) atoms. The molecule has 2 atom stereocenters. The second-order valence-corrected chi connectivity index (χ2v) is 5.28. The molecule has 0 bridgehead atoms. The molecule has 3 heteroatoms. The van der Waals surface area contributed by atoms with Gasteiger partial charge < -0.3 is 14.6 Å². The highest BCUT2D eigenvalue weighted by atomic mass is 16.6. The van der Waals surface area contributed by atoms with E-state index in [4.69, 9.17) is 9.47 Å². The molecule has 2 aliphatic heterocycles. The van der Waals surface area contributed by atoms with Gasteiger partial charge >= 0.3 is 0 Å². The Morgan fingerprint density at radius 1 is 1.31 bits per heavy atom. The van der Waals surface area contributed by atoms with Crippen molar-refractivity contribution < 1.29 is 14.6 Å². The first-order valence-electron chi connectivity index (χ1n) is 5.67. The zero-order chi connectivity index (χ0) is 11.5. The Hall–Kier alpha value is -1.22. The Labute approximate surface area is 95.0 Å². The van der Waals surface area contributed by atoms with Crippen LogP contribution in [0, 0.1) is 0 Å². The zero-order valence-electron chi connectivity index (χ0n) is 9.78. The molecule has 0 radical (unpaired) electrons. The molecule has 0 aliphatic carbocycles. The summed E-state index contributed by atoms with van der Waals surface area (Å²) < 4.78 is 11.6. The van der Waals surface area contributed by atoms with E-state index in [0.29, 0.717) is 0 Å². The van der Waals surface area contributed by atoms with Gasteiger partial charge in [0.15, 0.2) is 11.5 Å². The molecule has 1 aromatic rings. The van der Waals surface area contributed by atoms with Crippen LogP contribution in [0.4, 0.5) is 0 Å². The third-order valence-corrected chi connectivity index (χ3v) is 3.29. The summed E-state index contributed by atoms with van der Waals surface area (Å²) in [6.07, 6.45) is 0.171. The number of benzene rings is 1. The molecule has 3 nitrogen and oxygen atoms in total. The van der Waals surface area contributed by atoms with E-state index in [0.717, 1.165) is 23.5 Å². The number of aliphatic hydroxyl groups excluding tert-OH is 1. The molecule has 0 saturated carbocycles. The minimum atomic E-state index is -0.535. The minimum Gasteiger partial charge on any atom is -0.483 e. The summed E-state index contributed by atoms with van der Waals surface area (Å²) in [5.41, 5.74) is 1.85. The van der Waals surface area contributed by atoms with Gasteiger partial charge in [-0.2, -0.15) is 0 Å². The maximum atomic E-state index is 9.93. The van der Waals surface area contributed by atoms with Crippen molar-refractivity contribution in [2.45, 2.75) is 45.0 Å². The second kappa shape index (κ2) is 2.92. The lowest BCUT2D eigenvalue weighted by molar-refractivity contribution is 0.0758. The van der Waals surface area contributed by atoms with Gasteiger partial charge in [0, 0.05) is 17.5 Å². The number of hydrogen-bond donors (Lipinski definition) is 1. The fraction of sp³-hybridized carbons (Fsp3) is 0.538. The first kappa shape index (κ1) is 9.97. The lowest BCUT2D eigenvalue weighted by Gasteiger charge is -2.17. The highest BCUT2D eigenvalue weighted by molar-refractivity contribution is 5.57. The Morgan fingerprint density at radius 2 is 2.06 bits per heavy atom. The van der Waals surface area contributed by atoms with Crippen molar-refractivity contribution in [3.05, 3.63) is 23.3 Å². The van der Waals surface area contributed by atoms with Crippen molar-refractivity contribution in [1.82, 2.24) is 0 Å². The van der Waals surface area contributed by atoms with Gasteiger partial charge in [-0.3, -0.25) is 0 Å². The standard InChI is InChI=1S/C13H16O3/c1-7-10(14)9-5-4-8-6-13(2,3)16-11(8)12(9)15-7/h4-5,7,10,14H,6H2,1-3H3. The number of aliphatic hydroxyl groups is 1. The van der Waals surface area contributed by atoms with Gasteiger partial charge in [-0.25, -0.2) is 0 Å². The maximum Gasteiger partial charge on any atom is 0.167 e. The van der Waals surface area contributed by atoms with Crippen LogP contribution in [-0.2, 0) is 6.42 Å². The predicted octanol–water partition coefficient (Wildman–Crippen LogP) is 2.21. The third-order valence-electron chi connectivity index (χ3n) is 3.29. The Kier molecular flexibility index (Phi) is 1.82. The van der Waals surface area contributed by atoms with E-state index in [2.05, 4.69) is 13.8 Å². The van der Waals surface area contributed by atoms with Crippen LogP contribution >= 0.6 is 0 Å². The molecule has 0 amide bonds. The van der Waals surface area contributed by atoms with Crippen molar-refractivity contribution in [2.75, 3.05) is 0 Å². The normalized spacial score (nSPS) is 29.2. The summed E-state index contributed by atoms with van der Waals surface area (Å²) in [7, 11) is 0. The van der Waals surface area contributed by atoms with Crippen molar-refractivity contribution in [3.8, 4) is 11.5 Å². The van der Waals surface area contributed by atoms with Crippen molar-refractivity contribution in [2.24, 2.45) is 0 Å². The lowest BCUT2D eigenvalue weighted by atomic mass is 9.99. The van der Waals surface area contributed by atoms with Gasteiger partial charge in [0.05, 0.1) is 0 Å². The fourth-order valence-electron chi connectivity index (χ4n) is 2.50. The SMILES string of the molecule is CC1Oc2c(ccc3c2OC(C)(C)C3)C1O. The summed E-state index contributed by atoms with van der Waals surface area (Å²) >= 11 is 0. The van der Waals surface area contributed by atoms with Gasteiger partial charge in [-0.1, -0.05) is 12.1 Å². The Bertz CT molecular complexity index is 451. The van der Waals surface area contributed by atoms with Crippen LogP contribution in [0.1, 0.15) is 38.0 Å². The van der Waals surface area contributed by atoms with Gasteiger partial charge in [0.25, 0.3) is 0 Å². The molecule has 1 N–H and O–H groups in total. The molecule has 0 fully saturated rings. The molecular formula is C13H16O3. The molecule has 2 aliphatic rings. The Morgan fingerprint density at radius 3 is 2.81 bits per heavy atom. The summed E-state index contributed by atoms with van der Waals surface area (Å²) in [5.74, 6) is 1.56.